The molecule has 0 radical (unpaired) electrons. The van der Waals surface area contributed by atoms with Gasteiger partial charge in [0.2, 0.25) is 0 Å². The second kappa shape index (κ2) is 11.4. The standard InChI is InChI=1S/C30H26F2N4O4/c1-18-28(30(38)36(35-18)21-6-4-3-5-7-21)29(37)34-17-20(31)14-19-8-11-27(24(32)15-19)40-26-12-13-33-25-16-22(39-2)9-10-23(25)26/h3-13,15-16,20,35H,14,17H2,1-2H3,(H,34,37)/t20-/m1/s1. The Bertz CT molecular complexity index is 1730. The molecule has 0 aliphatic heterocycles. The number of methoxy groups -OCH3 is 1. The Balaban J connectivity index is 1.22. The van der Waals surface area contributed by atoms with Crippen LogP contribution in [0.4, 0.5) is 8.78 Å². The van der Waals surface area contributed by atoms with Gasteiger partial charge in [-0.25, -0.2) is 13.5 Å². The Hall–Kier alpha value is -4.99. The molecule has 1 amide bonds. The van der Waals surface area contributed by atoms with Crippen LogP contribution in [0.1, 0.15) is 21.6 Å². The van der Waals surface area contributed by atoms with Gasteiger partial charge < -0.3 is 14.8 Å². The van der Waals surface area contributed by atoms with Crippen molar-refractivity contribution >= 4 is 16.8 Å². The third kappa shape index (κ3) is 5.56. The molecule has 2 N–H and O–H groups in total. The number of aryl methyl sites for hydroxylation is 1. The second-order valence-electron chi connectivity index (χ2n) is 9.16. The maximum atomic E-state index is 14.9. The van der Waals surface area contributed by atoms with Gasteiger partial charge in [0, 0.05) is 36.3 Å². The minimum atomic E-state index is -1.51. The molecule has 0 saturated carbocycles. The van der Waals surface area contributed by atoms with E-state index in [1.165, 1.54) is 16.8 Å². The molecule has 0 bridgehead atoms. The highest BCUT2D eigenvalue weighted by atomic mass is 19.1. The summed E-state index contributed by atoms with van der Waals surface area (Å²) in [7, 11) is 1.56. The summed E-state index contributed by atoms with van der Waals surface area (Å²) in [6.07, 6.45) is -0.0996. The van der Waals surface area contributed by atoms with E-state index in [9.17, 15) is 18.4 Å². The van der Waals surface area contributed by atoms with Gasteiger partial charge in [-0.1, -0.05) is 24.3 Å². The minimum absolute atomic E-state index is 0.0200. The summed E-state index contributed by atoms with van der Waals surface area (Å²) >= 11 is 0. The fraction of sp³-hybridized carbons (Fsp3) is 0.167. The number of para-hydroxylation sites is 1. The summed E-state index contributed by atoms with van der Waals surface area (Å²) in [5, 5.41) is 6.02. The lowest BCUT2D eigenvalue weighted by atomic mass is 10.1. The number of nitrogens with one attached hydrogen (secondary N) is 2. The number of hydrogen-bond acceptors (Lipinski definition) is 5. The number of nitrogens with zero attached hydrogens (tertiary/aromatic N) is 2. The average Bonchev–Trinajstić information content (AvgIpc) is 3.26. The van der Waals surface area contributed by atoms with E-state index in [1.54, 1.807) is 74.8 Å². The van der Waals surface area contributed by atoms with E-state index in [1.807, 2.05) is 6.07 Å². The maximum Gasteiger partial charge on any atom is 0.284 e. The number of carbonyl (C=O) groups excluding carboxylic acids is 1. The highest BCUT2D eigenvalue weighted by Crippen LogP contribution is 2.32. The summed E-state index contributed by atoms with van der Waals surface area (Å²) in [4.78, 5) is 29.8. The van der Waals surface area contributed by atoms with E-state index in [4.69, 9.17) is 9.47 Å². The molecule has 40 heavy (non-hydrogen) atoms. The molecular formula is C30H26F2N4O4. The van der Waals surface area contributed by atoms with E-state index >= 15 is 0 Å². The molecule has 0 unspecified atom stereocenters. The number of rotatable bonds is 9. The molecule has 2 heterocycles. The lowest BCUT2D eigenvalue weighted by molar-refractivity contribution is 0.0940. The molecule has 3 aromatic carbocycles. The number of carbonyl (C=O) groups is 1. The number of ether oxygens (including phenoxy) is 2. The van der Waals surface area contributed by atoms with Crippen molar-refractivity contribution in [3.05, 3.63) is 112 Å². The van der Waals surface area contributed by atoms with E-state index in [0.717, 1.165) is 0 Å². The van der Waals surface area contributed by atoms with E-state index in [-0.39, 0.29) is 24.3 Å². The number of H-pyrrole nitrogens is 1. The van der Waals surface area contributed by atoms with Gasteiger partial charge >= 0.3 is 0 Å². The predicted molar refractivity (Wildman–Crippen MR) is 147 cm³/mol. The molecule has 0 aliphatic rings. The van der Waals surface area contributed by atoms with Gasteiger partial charge in [0.25, 0.3) is 11.5 Å². The third-order valence-electron chi connectivity index (χ3n) is 6.38. The number of fused-ring (bicyclic) bond motifs is 1. The average molecular weight is 545 g/mol. The van der Waals surface area contributed by atoms with Gasteiger partial charge in [0.15, 0.2) is 11.6 Å². The number of aromatic nitrogens is 3. The van der Waals surface area contributed by atoms with Crippen molar-refractivity contribution in [3.8, 4) is 22.9 Å². The SMILES string of the molecule is COc1ccc2c(Oc3ccc(C[C@@H](F)CNC(=O)c4c(C)[nH]n(-c5ccccc5)c4=O)cc3F)ccnc2c1. The lowest BCUT2D eigenvalue weighted by Crippen LogP contribution is -2.34. The molecule has 204 valence electrons. The van der Waals surface area contributed by atoms with Crippen molar-refractivity contribution in [3.63, 3.8) is 0 Å². The quantitative estimate of drug-likeness (QED) is 0.263. The first-order valence-electron chi connectivity index (χ1n) is 12.5. The van der Waals surface area contributed by atoms with Gasteiger partial charge in [0.05, 0.1) is 18.3 Å². The Morgan fingerprint density at radius 2 is 1.88 bits per heavy atom. The van der Waals surface area contributed by atoms with Crippen LogP contribution in [0.3, 0.4) is 0 Å². The molecule has 1 atom stereocenters. The van der Waals surface area contributed by atoms with Crippen molar-refractivity contribution in [2.45, 2.75) is 19.5 Å². The zero-order valence-corrected chi connectivity index (χ0v) is 21.8. The second-order valence-corrected chi connectivity index (χ2v) is 9.16. The minimum Gasteiger partial charge on any atom is -0.497 e. The van der Waals surface area contributed by atoms with Crippen LogP contribution >= 0.6 is 0 Å². The first-order valence-corrected chi connectivity index (χ1v) is 12.5. The monoisotopic (exact) mass is 544 g/mol. The maximum absolute atomic E-state index is 14.9. The van der Waals surface area contributed by atoms with Crippen molar-refractivity contribution in [2.75, 3.05) is 13.7 Å². The number of hydrogen-bond donors (Lipinski definition) is 2. The molecule has 5 rings (SSSR count). The molecular weight excluding hydrogens is 518 g/mol. The van der Waals surface area contributed by atoms with Gasteiger partial charge in [0.1, 0.15) is 23.2 Å². The zero-order valence-electron chi connectivity index (χ0n) is 21.8. The molecule has 5 aromatic rings. The van der Waals surface area contributed by atoms with Crippen LogP contribution in [-0.2, 0) is 6.42 Å². The van der Waals surface area contributed by atoms with Crippen LogP contribution in [0.2, 0.25) is 0 Å². The molecule has 8 nitrogen and oxygen atoms in total. The number of aromatic amines is 1. The lowest BCUT2D eigenvalue weighted by Gasteiger charge is -2.12. The zero-order chi connectivity index (χ0) is 28.2. The summed E-state index contributed by atoms with van der Waals surface area (Å²) in [6.45, 7) is 1.25. The molecule has 0 spiro atoms. The van der Waals surface area contributed by atoms with Crippen molar-refractivity contribution in [1.29, 1.82) is 0 Å². The Kier molecular flexibility index (Phi) is 7.59. The Labute approximate surface area is 228 Å². The Morgan fingerprint density at radius 1 is 1.07 bits per heavy atom. The summed E-state index contributed by atoms with van der Waals surface area (Å²) in [5.74, 6) is -0.313. The van der Waals surface area contributed by atoms with E-state index < -0.39 is 23.5 Å². The van der Waals surface area contributed by atoms with Crippen molar-refractivity contribution < 1.29 is 23.0 Å². The summed E-state index contributed by atoms with van der Waals surface area (Å²) in [5.41, 5.74) is 1.33. The number of amides is 1. The van der Waals surface area contributed by atoms with Crippen molar-refractivity contribution in [2.24, 2.45) is 0 Å². The highest BCUT2D eigenvalue weighted by Gasteiger charge is 2.21. The van der Waals surface area contributed by atoms with E-state index in [2.05, 4.69) is 15.4 Å². The normalized spacial score (nSPS) is 11.8. The number of pyridine rings is 1. The van der Waals surface area contributed by atoms with Crippen LogP contribution < -0.4 is 20.3 Å². The van der Waals surface area contributed by atoms with Crippen molar-refractivity contribution in [1.82, 2.24) is 20.1 Å². The first kappa shape index (κ1) is 26.6. The molecule has 2 aromatic heterocycles. The highest BCUT2D eigenvalue weighted by molar-refractivity contribution is 5.95. The van der Waals surface area contributed by atoms with Crippen LogP contribution in [0.15, 0.2) is 83.8 Å². The molecule has 0 aliphatic carbocycles. The topological polar surface area (TPSA) is 98.2 Å². The number of alkyl halides is 1. The predicted octanol–water partition coefficient (Wildman–Crippen LogP) is 5.27. The van der Waals surface area contributed by atoms with E-state index in [0.29, 0.717) is 39.3 Å². The summed E-state index contributed by atoms with van der Waals surface area (Å²) in [6, 6.07) is 19.9. The number of halogens is 2. The summed E-state index contributed by atoms with van der Waals surface area (Å²) < 4.78 is 41.9. The fourth-order valence-electron chi connectivity index (χ4n) is 4.38. The molecule has 10 heteroatoms. The number of benzene rings is 3. The molecule has 0 fully saturated rings. The molecule has 0 saturated heterocycles. The van der Waals surface area contributed by atoms with Gasteiger partial charge in [-0.3, -0.25) is 19.7 Å². The third-order valence-corrected chi connectivity index (χ3v) is 6.38. The Morgan fingerprint density at radius 3 is 2.62 bits per heavy atom. The van der Waals surface area contributed by atoms with Gasteiger partial charge in [-0.2, -0.15) is 0 Å². The van der Waals surface area contributed by atoms with Gasteiger partial charge in [-0.05, 0) is 55.0 Å². The fourth-order valence-corrected chi connectivity index (χ4v) is 4.38. The van der Waals surface area contributed by atoms with Crippen LogP contribution in [-0.4, -0.2) is 40.5 Å². The first-order chi connectivity index (χ1) is 19.3. The largest absolute Gasteiger partial charge is 0.497 e. The van der Waals surface area contributed by atoms with Crippen LogP contribution in [0.5, 0.6) is 17.2 Å². The van der Waals surface area contributed by atoms with Gasteiger partial charge in [-0.15, -0.1) is 0 Å². The smallest absolute Gasteiger partial charge is 0.284 e. The van der Waals surface area contributed by atoms with Crippen LogP contribution in [0.25, 0.3) is 16.6 Å². The van der Waals surface area contributed by atoms with Crippen LogP contribution in [0, 0.1) is 12.7 Å².